The number of benzene rings is 1. The molecule has 1 fully saturated rings. The Balaban J connectivity index is 2.02. The number of hydrogen-bond donors (Lipinski definition) is 1. The maximum absolute atomic E-state index is 4.50. The molecule has 0 spiro atoms. The Kier molecular flexibility index (Phi) is 2.18. The van der Waals surface area contributed by atoms with Gasteiger partial charge in [0.2, 0.25) is 0 Å². The van der Waals surface area contributed by atoms with E-state index >= 15 is 0 Å². The fraction of sp³-hybridized carbons (Fsp3) is 0.417. The van der Waals surface area contributed by atoms with E-state index in [1.165, 1.54) is 23.7 Å². The van der Waals surface area contributed by atoms with Crippen LogP contribution in [0.2, 0.25) is 0 Å². The van der Waals surface area contributed by atoms with E-state index in [9.17, 15) is 0 Å². The quantitative estimate of drug-likeness (QED) is 0.764. The first-order valence-electron chi connectivity index (χ1n) is 5.58. The molecule has 1 saturated heterocycles. The van der Waals surface area contributed by atoms with E-state index in [-0.39, 0.29) is 0 Å². The van der Waals surface area contributed by atoms with E-state index in [4.69, 9.17) is 0 Å². The second kappa shape index (κ2) is 3.66. The number of aromatic nitrogens is 2. The van der Waals surface area contributed by atoms with Crippen molar-refractivity contribution in [2.45, 2.75) is 18.9 Å². The molecule has 1 aliphatic heterocycles. The predicted octanol–water partition coefficient (Wildman–Crippen LogP) is 1.96. The van der Waals surface area contributed by atoms with Crippen LogP contribution < -0.4 is 5.32 Å². The highest BCUT2D eigenvalue weighted by atomic mass is 15.3. The second-order valence-corrected chi connectivity index (χ2v) is 4.15. The van der Waals surface area contributed by atoms with Gasteiger partial charge in [-0.1, -0.05) is 18.2 Å². The van der Waals surface area contributed by atoms with Crippen LogP contribution >= 0.6 is 0 Å². The van der Waals surface area contributed by atoms with Gasteiger partial charge < -0.3 is 5.32 Å². The highest BCUT2D eigenvalue weighted by Gasteiger charge is 2.16. The molecule has 3 rings (SSSR count). The van der Waals surface area contributed by atoms with Crippen LogP contribution in [-0.4, -0.2) is 22.9 Å². The van der Waals surface area contributed by atoms with Gasteiger partial charge in [-0.3, -0.25) is 4.68 Å². The Morgan fingerprint density at radius 1 is 1.33 bits per heavy atom. The van der Waals surface area contributed by atoms with Gasteiger partial charge >= 0.3 is 0 Å². The Bertz CT molecular complexity index is 455. The number of para-hydroxylation sites is 1. The van der Waals surface area contributed by atoms with Crippen molar-refractivity contribution >= 4 is 10.9 Å². The Morgan fingerprint density at radius 3 is 3.13 bits per heavy atom. The number of fused-ring (bicyclic) bond motifs is 1. The molecule has 0 saturated carbocycles. The highest BCUT2D eigenvalue weighted by molar-refractivity contribution is 5.78. The normalized spacial score (nSPS) is 22.0. The Hall–Kier alpha value is -1.35. The third kappa shape index (κ3) is 1.53. The SMILES string of the molecule is c1ccc2c(c1)cnn2[C@H]1CCCNC1. The molecule has 0 unspecified atom stereocenters. The Morgan fingerprint density at radius 2 is 2.27 bits per heavy atom. The monoisotopic (exact) mass is 201 g/mol. The number of nitrogens with one attached hydrogen (secondary N) is 1. The lowest BCUT2D eigenvalue weighted by atomic mass is 10.1. The van der Waals surface area contributed by atoms with Crippen LogP contribution in [0.5, 0.6) is 0 Å². The Labute approximate surface area is 89.1 Å². The van der Waals surface area contributed by atoms with Crippen LogP contribution in [0.3, 0.4) is 0 Å². The van der Waals surface area contributed by atoms with Crippen molar-refractivity contribution in [3.05, 3.63) is 30.5 Å². The number of hydrogen-bond acceptors (Lipinski definition) is 2. The molecular formula is C12H15N3. The molecule has 0 aliphatic carbocycles. The summed E-state index contributed by atoms with van der Waals surface area (Å²) < 4.78 is 2.17. The van der Waals surface area contributed by atoms with Crippen molar-refractivity contribution in [3.63, 3.8) is 0 Å². The molecule has 78 valence electrons. The molecule has 1 aromatic carbocycles. The molecule has 2 aromatic rings. The zero-order chi connectivity index (χ0) is 10.1. The fourth-order valence-corrected chi connectivity index (χ4v) is 2.33. The van der Waals surface area contributed by atoms with E-state index in [0.717, 1.165) is 13.1 Å². The van der Waals surface area contributed by atoms with Crippen molar-refractivity contribution in [2.24, 2.45) is 0 Å². The summed E-state index contributed by atoms with van der Waals surface area (Å²) in [7, 11) is 0. The first kappa shape index (κ1) is 8.92. The summed E-state index contributed by atoms with van der Waals surface area (Å²) in [6.45, 7) is 2.20. The smallest absolute Gasteiger partial charge is 0.0686 e. The molecule has 1 aromatic heterocycles. The molecule has 2 heterocycles. The molecule has 0 bridgehead atoms. The zero-order valence-electron chi connectivity index (χ0n) is 8.69. The van der Waals surface area contributed by atoms with Crippen LogP contribution in [0.25, 0.3) is 10.9 Å². The summed E-state index contributed by atoms with van der Waals surface area (Å²) in [6, 6.07) is 8.94. The highest BCUT2D eigenvalue weighted by Crippen LogP contribution is 2.21. The topological polar surface area (TPSA) is 29.9 Å². The third-order valence-electron chi connectivity index (χ3n) is 3.12. The van der Waals surface area contributed by atoms with Crippen molar-refractivity contribution < 1.29 is 0 Å². The largest absolute Gasteiger partial charge is 0.315 e. The number of nitrogens with zero attached hydrogens (tertiary/aromatic N) is 2. The maximum Gasteiger partial charge on any atom is 0.0686 e. The summed E-state index contributed by atoms with van der Waals surface area (Å²) in [5.74, 6) is 0. The minimum absolute atomic E-state index is 0.527. The van der Waals surface area contributed by atoms with Crippen LogP contribution in [0.1, 0.15) is 18.9 Å². The van der Waals surface area contributed by atoms with E-state index in [1.807, 2.05) is 6.20 Å². The van der Waals surface area contributed by atoms with Gasteiger partial charge in [-0.25, -0.2) is 0 Å². The predicted molar refractivity (Wildman–Crippen MR) is 60.9 cm³/mol. The summed E-state index contributed by atoms with van der Waals surface area (Å²) in [4.78, 5) is 0. The average molecular weight is 201 g/mol. The van der Waals surface area contributed by atoms with Gasteiger partial charge in [0.1, 0.15) is 0 Å². The van der Waals surface area contributed by atoms with E-state index in [1.54, 1.807) is 0 Å². The average Bonchev–Trinajstić information content (AvgIpc) is 2.74. The standard InChI is InChI=1S/C12H15N3/c1-2-6-12-10(4-1)8-14-15(12)11-5-3-7-13-9-11/h1-2,4,6,8,11,13H,3,5,7,9H2/t11-/m0/s1. The van der Waals surface area contributed by atoms with Crippen LogP contribution in [-0.2, 0) is 0 Å². The first-order chi connectivity index (χ1) is 7.45. The van der Waals surface area contributed by atoms with Crippen LogP contribution in [0.4, 0.5) is 0 Å². The molecule has 15 heavy (non-hydrogen) atoms. The summed E-state index contributed by atoms with van der Waals surface area (Å²) in [6.07, 6.45) is 4.45. The fourth-order valence-electron chi connectivity index (χ4n) is 2.33. The molecule has 1 N–H and O–H groups in total. The maximum atomic E-state index is 4.50. The van der Waals surface area contributed by atoms with Crippen molar-refractivity contribution in [3.8, 4) is 0 Å². The van der Waals surface area contributed by atoms with Crippen molar-refractivity contribution in [2.75, 3.05) is 13.1 Å². The summed E-state index contributed by atoms with van der Waals surface area (Å²) in [5.41, 5.74) is 1.26. The number of piperidine rings is 1. The molecular weight excluding hydrogens is 186 g/mol. The lowest BCUT2D eigenvalue weighted by Crippen LogP contribution is -2.32. The van der Waals surface area contributed by atoms with Gasteiger partial charge in [-0.15, -0.1) is 0 Å². The van der Waals surface area contributed by atoms with Crippen LogP contribution in [0, 0.1) is 0 Å². The molecule has 1 atom stereocenters. The van der Waals surface area contributed by atoms with E-state index < -0.39 is 0 Å². The van der Waals surface area contributed by atoms with Gasteiger partial charge in [-0.05, 0) is 25.5 Å². The minimum Gasteiger partial charge on any atom is -0.315 e. The van der Waals surface area contributed by atoms with Gasteiger partial charge in [0, 0.05) is 11.9 Å². The van der Waals surface area contributed by atoms with Crippen molar-refractivity contribution in [1.82, 2.24) is 15.1 Å². The van der Waals surface area contributed by atoms with Crippen LogP contribution in [0.15, 0.2) is 30.5 Å². The van der Waals surface area contributed by atoms with E-state index in [2.05, 4.69) is 39.4 Å². The van der Waals surface area contributed by atoms with Gasteiger partial charge in [0.05, 0.1) is 17.8 Å². The molecule has 3 heteroatoms. The lowest BCUT2D eigenvalue weighted by molar-refractivity contribution is 0.355. The number of rotatable bonds is 1. The molecule has 1 aliphatic rings. The van der Waals surface area contributed by atoms with Crippen molar-refractivity contribution in [1.29, 1.82) is 0 Å². The summed E-state index contributed by atoms with van der Waals surface area (Å²) in [5, 5.41) is 9.16. The molecule has 3 nitrogen and oxygen atoms in total. The third-order valence-corrected chi connectivity index (χ3v) is 3.12. The molecule has 0 amide bonds. The molecule has 0 radical (unpaired) electrons. The van der Waals surface area contributed by atoms with Gasteiger partial charge in [-0.2, -0.15) is 5.10 Å². The minimum atomic E-state index is 0.527. The lowest BCUT2D eigenvalue weighted by Gasteiger charge is -2.23. The zero-order valence-corrected chi connectivity index (χ0v) is 8.69. The van der Waals surface area contributed by atoms with E-state index in [0.29, 0.717) is 6.04 Å². The van der Waals surface area contributed by atoms with Gasteiger partial charge in [0.25, 0.3) is 0 Å². The second-order valence-electron chi connectivity index (χ2n) is 4.15. The van der Waals surface area contributed by atoms with Gasteiger partial charge in [0.15, 0.2) is 0 Å². The first-order valence-corrected chi connectivity index (χ1v) is 5.58. The summed E-state index contributed by atoms with van der Waals surface area (Å²) >= 11 is 0.